The number of hydrogen-bond acceptors (Lipinski definition) is 5. The topological polar surface area (TPSA) is 81.8 Å². The molecule has 0 amide bonds. The van der Waals surface area contributed by atoms with Gasteiger partial charge in [-0.2, -0.15) is 0 Å². The summed E-state index contributed by atoms with van der Waals surface area (Å²) in [4.78, 5) is 2.40. The predicted octanol–water partition coefficient (Wildman–Crippen LogP) is -0.748. The van der Waals surface area contributed by atoms with Crippen LogP contribution in [0.4, 0.5) is 0 Å². The average molecular weight is 243 g/mol. The largest absolute Gasteiger partial charge is 0.451 e. The fourth-order valence-electron chi connectivity index (χ4n) is 2.31. The fourth-order valence-corrected chi connectivity index (χ4v) is 2.31. The Bertz CT molecular complexity index is 209. The van der Waals surface area contributed by atoms with E-state index in [9.17, 15) is 0 Å². The molecule has 1 heterocycles. The number of nitrogens with one attached hydrogen (secondary N) is 1. The van der Waals surface area contributed by atoms with Gasteiger partial charge in [0.05, 0.1) is 0 Å². The Kier molecular flexibility index (Phi) is 6.44. The van der Waals surface area contributed by atoms with Crippen LogP contribution in [0.15, 0.2) is 0 Å². The zero-order chi connectivity index (χ0) is 12.7. The van der Waals surface area contributed by atoms with Crippen LogP contribution in [0.1, 0.15) is 26.2 Å². The highest BCUT2D eigenvalue weighted by Gasteiger charge is 2.23. The van der Waals surface area contributed by atoms with Crippen LogP contribution in [0.3, 0.4) is 0 Å². The Hall–Kier alpha value is -0.135. The lowest BCUT2D eigenvalue weighted by atomic mass is 9.82. The average Bonchev–Trinajstić information content (AvgIpc) is 2.25. The van der Waals surface area contributed by atoms with Crippen molar-refractivity contribution >= 4 is 7.12 Å². The molecule has 0 spiro atoms. The molecule has 1 atom stereocenters. The highest BCUT2D eigenvalue weighted by Crippen LogP contribution is 2.14. The van der Waals surface area contributed by atoms with Gasteiger partial charge in [0.2, 0.25) is 0 Å². The quantitative estimate of drug-likeness (QED) is 0.349. The zero-order valence-corrected chi connectivity index (χ0v) is 10.9. The lowest BCUT2D eigenvalue weighted by Gasteiger charge is -2.35. The Labute approximate surface area is 105 Å². The van der Waals surface area contributed by atoms with Crippen LogP contribution in [0.5, 0.6) is 0 Å². The maximum Gasteiger partial charge on any atom is 0.451 e. The monoisotopic (exact) mass is 243 g/mol. The minimum Gasteiger partial charge on any atom is -0.427 e. The van der Waals surface area contributed by atoms with E-state index in [1.165, 1.54) is 0 Å². The third-order valence-corrected chi connectivity index (χ3v) is 3.25. The smallest absolute Gasteiger partial charge is 0.427 e. The summed E-state index contributed by atoms with van der Waals surface area (Å²) in [6, 6.07) is 0. The maximum atomic E-state index is 8.75. The summed E-state index contributed by atoms with van der Waals surface area (Å²) in [7, 11) is -1.17. The van der Waals surface area contributed by atoms with Gasteiger partial charge in [-0.25, -0.2) is 0 Å². The van der Waals surface area contributed by atoms with Gasteiger partial charge in [-0.3, -0.25) is 4.90 Å². The van der Waals surface area contributed by atoms with Gasteiger partial charge in [0, 0.05) is 38.3 Å². The summed E-state index contributed by atoms with van der Waals surface area (Å²) in [6.07, 6.45) is 3.16. The van der Waals surface area contributed by atoms with Crippen LogP contribution < -0.4 is 11.1 Å². The molecular weight excluding hydrogens is 217 g/mol. The summed E-state index contributed by atoms with van der Waals surface area (Å²) in [5, 5.41) is 20.8. The molecule has 1 saturated heterocycles. The van der Waals surface area contributed by atoms with Crippen molar-refractivity contribution in [2.75, 3.05) is 32.7 Å². The highest BCUT2D eigenvalue weighted by molar-refractivity contribution is 6.40. The lowest BCUT2D eigenvalue weighted by Crippen LogP contribution is -2.53. The molecule has 5 nitrogen and oxygen atoms in total. The van der Waals surface area contributed by atoms with Crippen molar-refractivity contribution in [2.45, 2.75) is 38.0 Å². The molecule has 1 fully saturated rings. The first kappa shape index (κ1) is 14.9. The fraction of sp³-hybridized carbons (Fsp3) is 1.00. The lowest BCUT2D eigenvalue weighted by molar-refractivity contribution is 0.187. The second-order valence-electron chi connectivity index (χ2n) is 5.41. The number of unbranched alkanes of at least 4 members (excludes halogenated alkanes) is 1. The van der Waals surface area contributed by atoms with Crippen LogP contribution in [0, 0.1) is 0 Å². The highest BCUT2D eigenvalue weighted by atomic mass is 16.4. The molecule has 0 bridgehead atoms. The molecule has 0 aromatic heterocycles. The summed E-state index contributed by atoms with van der Waals surface area (Å²) in [6.45, 7) is 7.25. The Morgan fingerprint density at radius 2 is 1.94 bits per heavy atom. The molecule has 0 aliphatic carbocycles. The van der Waals surface area contributed by atoms with Crippen LogP contribution in [-0.4, -0.2) is 60.3 Å². The van der Waals surface area contributed by atoms with Crippen molar-refractivity contribution in [2.24, 2.45) is 5.73 Å². The van der Waals surface area contributed by atoms with Gasteiger partial charge in [0.15, 0.2) is 0 Å². The van der Waals surface area contributed by atoms with Crippen molar-refractivity contribution in [3.63, 3.8) is 0 Å². The third-order valence-electron chi connectivity index (χ3n) is 3.25. The second kappa shape index (κ2) is 7.33. The first-order valence-corrected chi connectivity index (χ1v) is 6.58. The Morgan fingerprint density at radius 1 is 1.29 bits per heavy atom. The van der Waals surface area contributed by atoms with Gasteiger partial charge in [-0.1, -0.05) is 12.8 Å². The molecule has 0 aromatic rings. The van der Waals surface area contributed by atoms with Gasteiger partial charge in [0.25, 0.3) is 0 Å². The van der Waals surface area contributed by atoms with E-state index >= 15 is 0 Å². The molecule has 0 radical (unpaired) electrons. The molecule has 1 rings (SSSR count). The van der Waals surface area contributed by atoms with E-state index in [0.29, 0.717) is 6.32 Å². The van der Waals surface area contributed by atoms with E-state index < -0.39 is 7.12 Å². The number of nitrogens with zero attached hydrogens (tertiary/aromatic N) is 1. The molecule has 100 valence electrons. The van der Waals surface area contributed by atoms with Gasteiger partial charge in [0.1, 0.15) is 0 Å². The molecule has 1 aliphatic rings. The van der Waals surface area contributed by atoms with Gasteiger partial charge in [-0.05, 0) is 19.7 Å². The van der Waals surface area contributed by atoms with Crippen LogP contribution in [0.25, 0.3) is 0 Å². The van der Waals surface area contributed by atoms with Crippen molar-refractivity contribution in [1.82, 2.24) is 10.2 Å². The zero-order valence-electron chi connectivity index (χ0n) is 10.9. The molecule has 0 saturated carbocycles. The predicted molar refractivity (Wildman–Crippen MR) is 70.8 cm³/mol. The first-order valence-electron chi connectivity index (χ1n) is 6.58. The molecule has 6 heteroatoms. The van der Waals surface area contributed by atoms with Crippen molar-refractivity contribution < 1.29 is 10.0 Å². The minimum absolute atomic E-state index is 0.169. The van der Waals surface area contributed by atoms with E-state index in [1.54, 1.807) is 0 Å². The van der Waals surface area contributed by atoms with E-state index in [2.05, 4.69) is 17.1 Å². The number of piperazine rings is 1. The van der Waals surface area contributed by atoms with Crippen molar-refractivity contribution in [1.29, 1.82) is 0 Å². The standard InChI is InChI=1S/C11H26BN3O2/c1-11(13,4-2-3-5-12(16)17)10-15-8-6-14-7-9-15/h14,16-17H,2-10,13H2,1H3. The van der Waals surface area contributed by atoms with Crippen LogP contribution in [0.2, 0.25) is 6.32 Å². The summed E-state index contributed by atoms with van der Waals surface area (Å²) in [5.74, 6) is 0. The van der Waals surface area contributed by atoms with E-state index in [4.69, 9.17) is 15.8 Å². The van der Waals surface area contributed by atoms with Crippen LogP contribution >= 0.6 is 0 Å². The molecule has 17 heavy (non-hydrogen) atoms. The van der Waals surface area contributed by atoms with Crippen molar-refractivity contribution in [3.05, 3.63) is 0 Å². The van der Waals surface area contributed by atoms with Gasteiger partial charge in [-0.15, -0.1) is 0 Å². The third kappa shape index (κ3) is 7.01. The number of rotatable bonds is 7. The van der Waals surface area contributed by atoms with E-state index in [0.717, 1.165) is 52.0 Å². The number of nitrogens with two attached hydrogens (primary N) is 1. The molecule has 0 aromatic carbocycles. The first-order chi connectivity index (χ1) is 7.99. The molecule has 5 N–H and O–H groups in total. The van der Waals surface area contributed by atoms with E-state index in [1.807, 2.05) is 0 Å². The summed E-state index contributed by atoms with van der Waals surface area (Å²) >= 11 is 0. The number of hydrogen-bond donors (Lipinski definition) is 4. The molecular formula is C11H26BN3O2. The normalized spacial score (nSPS) is 21.2. The minimum atomic E-state index is -1.17. The summed E-state index contributed by atoms with van der Waals surface area (Å²) < 4.78 is 0. The van der Waals surface area contributed by atoms with Gasteiger partial charge >= 0.3 is 7.12 Å². The van der Waals surface area contributed by atoms with E-state index in [-0.39, 0.29) is 5.54 Å². The Morgan fingerprint density at radius 3 is 2.53 bits per heavy atom. The molecule has 1 unspecified atom stereocenters. The SMILES string of the molecule is CC(N)(CCCCB(O)O)CN1CCNCC1. The second-order valence-corrected chi connectivity index (χ2v) is 5.41. The summed E-state index contributed by atoms with van der Waals surface area (Å²) in [5.41, 5.74) is 6.11. The van der Waals surface area contributed by atoms with Gasteiger partial charge < -0.3 is 21.1 Å². The molecule has 1 aliphatic heterocycles. The Balaban J connectivity index is 2.15. The van der Waals surface area contributed by atoms with Crippen LogP contribution in [-0.2, 0) is 0 Å². The maximum absolute atomic E-state index is 8.75. The van der Waals surface area contributed by atoms with Crippen molar-refractivity contribution in [3.8, 4) is 0 Å².